The van der Waals surface area contributed by atoms with Crippen LogP contribution in [0.2, 0.25) is 0 Å². The summed E-state index contributed by atoms with van der Waals surface area (Å²) >= 11 is 0. The third-order valence-corrected chi connectivity index (χ3v) is 4.02. The summed E-state index contributed by atoms with van der Waals surface area (Å²) in [5.74, 6) is 0. The summed E-state index contributed by atoms with van der Waals surface area (Å²) < 4.78 is 5.52. The second-order valence-electron chi connectivity index (χ2n) is 6.60. The fraction of sp³-hybridized carbons (Fsp3) is 0.625. The van der Waals surface area contributed by atoms with Crippen LogP contribution >= 0.6 is 0 Å². The summed E-state index contributed by atoms with van der Waals surface area (Å²) in [6.07, 6.45) is 2.37. The number of nitrogens with zero attached hydrogens (tertiary/aromatic N) is 1. The van der Waals surface area contributed by atoms with Gasteiger partial charge in [0.2, 0.25) is 0 Å². The van der Waals surface area contributed by atoms with Crippen molar-refractivity contribution in [3.63, 3.8) is 0 Å². The van der Waals surface area contributed by atoms with Crippen molar-refractivity contribution in [1.82, 2.24) is 0 Å². The molecule has 3 heteroatoms. The lowest BCUT2D eigenvalue weighted by atomic mass is 9.87. The third kappa shape index (κ3) is 2.63. The highest BCUT2D eigenvalue weighted by molar-refractivity contribution is 5.48. The lowest BCUT2D eigenvalue weighted by Crippen LogP contribution is -2.31. The number of hydrogen-bond donors (Lipinski definition) is 0. The van der Waals surface area contributed by atoms with Crippen LogP contribution in [-0.2, 0) is 15.0 Å². The minimum atomic E-state index is 0.200. The molecule has 19 heavy (non-hydrogen) atoms. The number of hydrogen-bond acceptors (Lipinski definition) is 3. The molecule has 104 valence electrons. The van der Waals surface area contributed by atoms with Crippen LogP contribution in [0.3, 0.4) is 0 Å². The van der Waals surface area contributed by atoms with E-state index in [1.54, 1.807) is 0 Å². The molecule has 2 saturated heterocycles. The molecule has 2 heterocycles. The first kappa shape index (κ1) is 12.9. The van der Waals surface area contributed by atoms with E-state index in [1.165, 1.54) is 11.3 Å². The molecule has 0 spiro atoms. The van der Waals surface area contributed by atoms with Gasteiger partial charge in [0.05, 0.1) is 18.3 Å². The predicted molar refractivity (Wildman–Crippen MR) is 76.3 cm³/mol. The molecule has 2 atom stereocenters. The fourth-order valence-corrected chi connectivity index (χ4v) is 2.84. The summed E-state index contributed by atoms with van der Waals surface area (Å²) in [5.41, 5.74) is 2.73. The van der Waals surface area contributed by atoms with Crippen molar-refractivity contribution >= 4 is 5.69 Å². The van der Waals surface area contributed by atoms with Crippen LogP contribution in [0, 0.1) is 0 Å². The molecule has 1 aromatic rings. The van der Waals surface area contributed by atoms with Crippen molar-refractivity contribution in [2.24, 2.45) is 0 Å². The van der Waals surface area contributed by atoms with Gasteiger partial charge in [0.15, 0.2) is 0 Å². The normalized spacial score (nSPS) is 27.4. The molecule has 2 fully saturated rings. The summed E-state index contributed by atoms with van der Waals surface area (Å²) in [5, 5.41) is 2.10. The predicted octanol–water partition coefficient (Wildman–Crippen LogP) is 3.28. The summed E-state index contributed by atoms with van der Waals surface area (Å²) in [7, 11) is 0. The molecule has 0 aromatic heterocycles. The molecule has 3 nitrogen and oxygen atoms in total. The fourth-order valence-electron chi connectivity index (χ4n) is 2.84. The van der Waals surface area contributed by atoms with E-state index < -0.39 is 0 Å². The second-order valence-corrected chi connectivity index (χ2v) is 6.60. The number of hydroxylamine groups is 1. The average molecular weight is 261 g/mol. The van der Waals surface area contributed by atoms with Gasteiger partial charge in [-0.1, -0.05) is 32.9 Å². The van der Waals surface area contributed by atoms with E-state index in [9.17, 15) is 0 Å². The smallest absolute Gasteiger partial charge is 0.111 e. The summed E-state index contributed by atoms with van der Waals surface area (Å²) in [4.78, 5) is 5.99. The molecule has 1 aromatic carbocycles. The first-order valence-corrected chi connectivity index (χ1v) is 7.18. The van der Waals surface area contributed by atoms with E-state index in [0.29, 0.717) is 6.04 Å². The number of fused-ring (bicyclic) bond motifs is 2. The van der Waals surface area contributed by atoms with Crippen molar-refractivity contribution in [1.29, 1.82) is 0 Å². The molecular formula is C16H23NO2. The molecule has 0 radical (unpaired) electrons. The van der Waals surface area contributed by atoms with Gasteiger partial charge in [-0.25, -0.2) is 0 Å². The molecule has 0 unspecified atom stereocenters. The molecule has 0 amide bonds. The molecular weight excluding hydrogens is 238 g/mol. The Hall–Kier alpha value is -1.06. The van der Waals surface area contributed by atoms with Crippen LogP contribution in [0.5, 0.6) is 0 Å². The number of anilines is 1. The molecule has 2 bridgehead atoms. The first-order valence-electron chi connectivity index (χ1n) is 7.18. The Labute approximate surface area is 115 Å². The van der Waals surface area contributed by atoms with Crippen molar-refractivity contribution < 1.29 is 9.57 Å². The van der Waals surface area contributed by atoms with Gasteiger partial charge in [-0.2, -0.15) is 0 Å². The highest BCUT2D eigenvalue weighted by Crippen LogP contribution is 2.33. The van der Waals surface area contributed by atoms with Crippen LogP contribution in [0.4, 0.5) is 5.69 Å². The third-order valence-electron chi connectivity index (χ3n) is 4.02. The first-order chi connectivity index (χ1) is 9.04. The lowest BCUT2D eigenvalue weighted by molar-refractivity contribution is -0.00501. The van der Waals surface area contributed by atoms with E-state index in [4.69, 9.17) is 9.57 Å². The molecule has 2 aliphatic heterocycles. The molecule has 0 saturated carbocycles. The topological polar surface area (TPSA) is 21.7 Å². The zero-order chi connectivity index (χ0) is 13.5. The van der Waals surface area contributed by atoms with Crippen LogP contribution < -0.4 is 5.06 Å². The Bertz CT molecular complexity index is 435. The van der Waals surface area contributed by atoms with E-state index in [2.05, 4.69) is 50.1 Å². The van der Waals surface area contributed by atoms with E-state index in [0.717, 1.165) is 26.1 Å². The highest BCUT2D eigenvalue weighted by atomic mass is 16.7. The minimum Gasteiger partial charge on any atom is -0.379 e. The van der Waals surface area contributed by atoms with Gasteiger partial charge >= 0.3 is 0 Å². The van der Waals surface area contributed by atoms with Gasteiger partial charge in [-0.15, -0.1) is 0 Å². The van der Waals surface area contributed by atoms with Crippen LogP contribution in [0.25, 0.3) is 0 Å². The maximum absolute atomic E-state index is 5.99. The second kappa shape index (κ2) is 4.80. The van der Waals surface area contributed by atoms with Crippen LogP contribution in [0.15, 0.2) is 24.3 Å². The largest absolute Gasteiger partial charge is 0.379 e. The number of rotatable bonds is 1. The Morgan fingerprint density at radius 3 is 2.58 bits per heavy atom. The molecule has 0 aliphatic carbocycles. The van der Waals surface area contributed by atoms with Crippen molar-refractivity contribution in [3.05, 3.63) is 29.8 Å². The Kier molecular flexibility index (Phi) is 3.27. The highest BCUT2D eigenvalue weighted by Gasteiger charge is 2.35. The van der Waals surface area contributed by atoms with Gasteiger partial charge in [-0.3, -0.25) is 9.90 Å². The Morgan fingerprint density at radius 2 is 1.89 bits per heavy atom. The number of ether oxygens (including phenoxy) is 1. The van der Waals surface area contributed by atoms with Gasteiger partial charge in [0, 0.05) is 13.0 Å². The van der Waals surface area contributed by atoms with E-state index in [1.807, 2.05) is 0 Å². The summed E-state index contributed by atoms with van der Waals surface area (Å²) in [6, 6.07) is 9.25. The number of benzene rings is 1. The maximum atomic E-state index is 5.99. The lowest BCUT2D eigenvalue weighted by Gasteiger charge is -2.27. The summed E-state index contributed by atoms with van der Waals surface area (Å²) in [6.45, 7) is 8.29. The zero-order valence-corrected chi connectivity index (χ0v) is 12.1. The molecule has 3 rings (SSSR count). The van der Waals surface area contributed by atoms with Crippen molar-refractivity contribution in [2.45, 2.75) is 51.2 Å². The van der Waals surface area contributed by atoms with Crippen molar-refractivity contribution in [2.75, 3.05) is 18.3 Å². The van der Waals surface area contributed by atoms with Crippen LogP contribution in [-0.4, -0.2) is 25.4 Å². The molecule has 0 N–H and O–H groups in total. The van der Waals surface area contributed by atoms with Gasteiger partial charge in [0.1, 0.15) is 6.10 Å². The quantitative estimate of drug-likeness (QED) is 0.774. The Balaban J connectivity index is 1.79. The molecule has 2 aliphatic rings. The van der Waals surface area contributed by atoms with E-state index in [-0.39, 0.29) is 11.5 Å². The minimum absolute atomic E-state index is 0.200. The van der Waals surface area contributed by atoms with E-state index >= 15 is 0 Å². The van der Waals surface area contributed by atoms with Crippen molar-refractivity contribution in [3.8, 4) is 0 Å². The SMILES string of the molecule is CC(C)(C)c1ccc(N2O[C@H]3COCC[C@@H]2C3)cc1. The average Bonchev–Trinajstić information content (AvgIpc) is 2.60. The monoisotopic (exact) mass is 261 g/mol. The van der Waals surface area contributed by atoms with Gasteiger partial charge in [0.25, 0.3) is 0 Å². The standard InChI is InChI=1S/C16H23NO2/c1-16(2,3)12-4-6-13(7-5-12)17-14-8-9-18-11-15(10-14)19-17/h4-7,14-15H,8-11H2,1-3H3/t14-,15-/m1/s1. The Morgan fingerprint density at radius 1 is 1.16 bits per heavy atom. The van der Waals surface area contributed by atoms with Gasteiger partial charge in [-0.05, 0) is 29.5 Å². The maximum Gasteiger partial charge on any atom is 0.111 e. The van der Waals surface area contributed by atoms with Crippen LogP contribution in [0.1, 0.15) is 39.2 Å². The van der Waals surface area contributed by atoms with Gasteiger partial charge < -0.3 is 4.74 Å². The zero-order valence-electron chi connectivity index (χ0n) is 12.1.